The molecule has 0 aromatic carbocycles. The molecule has 0 amide bonds. The van der Waals surface area contributed by atoms with Crippen LogP contribution in [0.25, 0.3) is 5.69 Å². The third-order valence-electron chi connectivity index (χ3n) is 3.83. The van der Waals surface area contributed by atoms with Crippen LogP contribution in [0.4, 0.5) is 11.8 Å². The minimum atomic E-state index is 0.159. The number of nitrogens with zero attached hydrogens (tertiary/aromatic N) is 6. The monoisotopic (exact) mass is 302 g/mol. The Labute approximate surface area is 129 Å². The molecule has 0 saturated heterocycles. The Bertz CT molecular complexity index is 650. The highest BCUT2D eigenvalue weighted by atomic mass is 15.4. The second-order valence-corrected chi connectivity index (χ2v) is 5.60. The van der Waals surface area contributed by atoms with Gasteiger partial charge in [0.1, 0.15) is 12.0 Å². The molecule has 8 nitrogen and oxygen atoms in total. The zero-order valence-electron chi connectivity index (χ0n) is 13.2. The van der Waals surface area contributed by atoms with Crippen molar-refractivity contribution in [1.82, 2.24) is 24.7 Å². The van der Waals surface area contributed by atoms with E-state index < -0.39 is 0 Å². The van der Waals surface area contributed by atoms with Crippen LogP contribution in [0.3, 0.4) is 0 Å². The molecule has 0 aliphatic carbocycles. The predicted molar refractivity (Wildman–Crippen MR) is 85.1 cm³/mol. The number of hydrogen-bond acceptors (Lipinski definition) is 7. The van der Waals surface area contributed by atoms with E-state index in [-0.39, 0.29) is 6.04 Å². The van der Waals surface area contributed by atoms with Crippen LogP contribution < -0.4 is 16.0 Å². The van der Waals surface area contributed by atoms with Crippen molar-refractivity contribution in [3.05, 3.63) is 18.3 Å². The lowest BCUT2D eigenvalue weighted by Crippen LogP contribution is -2.40. The van der Waals surface area contributed by atoms with Crippen LogP contribution in [-0.2, 0) is 0 Å². The van der Waals surface area contributed by atoms with Gasteiger partial charge in [0, 0.05) is 19.1 Å². The Kier molecular flexibility index (Phi) is 3.93. The van der Waals surface area contributed by atoms with Crippen molar-refractivity contribution in [2.45, 2.75) is 39.3 Å². The van der Waals surface area contributed by atoms with Gasteiger partial charge in [-0.1, -0.05) is 6.92 Å². The molecule has 118 valence electrons. The van der Waals surface area contributed by atoms with Crippen molar-refractivity contribution in [2.75, 3.05) is 23.3 Å². The summed E-state index contributed by atoms with van der Waals surface area (Å²) in [4.78, 5) is 11.4. The SMILES string of the molecule is CC[C@@H]1c2nncn2-c2cnc(NCCN)nc2N1C(C)C. The van der Waals surface area contributed by atoms with E-state index in [1.165, 1.54) is 0 Å². The second kappa shape index (κ2) is 5.88. The average molecular weight is 302 g/mol. The van der Waals surface area contributed by atoms with Crippen molar-refractivity contribution in [3.8, 4) is 5.69 Å². The van der Waals surface area contributed by atoms with E-state index >= 15 is 0 Å². The van der Waals surface area contributed by atoms with Crippen molar-refractivity contribution in [2.24, 2.45) is 5.73 Å². The molecule has 1 aliphatic rings. The lowest BCUT2D eigenvalue weighted by Gasteiger charge is -2.39. The number of aromatic nitrogens is 5. The van der Waals surface area contributed by atoms with E-state index in [4.69, 9.17) is 10.7 Å². The van der Waals surface area contributed by atoms with Gasteiger partial charge in [-0.2, -0.15) is 4.98 Å². The molecule has 0 bridgehead atoms. The number of nitrogens with two attached hydrogens (primary N) is 1. The molecule has 0 radical (unpaired) electrons. The highest BCUT2D eigenvalue weighted by Gasteiger charge is 2.34. The molecule has 8 heteroatoms. The van der Waals surface area contributed by atoms with Gasteiger partial charge < -0.3 is 16.0 Å². The zero-order chi connectivity index (χ0) is 15.7. The highest BCUT2D eigenvalue weighted by molar-refractivity contribution is 5.63. The summed E-state index contributed by atoms with van der Waals surface area (Å²) in [6.45, 7) is 7.66. The first-order valence-electron chi connectivity index (χ1n) is 7.67. The quantitative estimate of drug-likeness (QED) is 0.853. The number of fused-ring (bicyclic) bond motifs is 3. The van der Waals surface area contributed by atoms with Crippen LogP contribution >= 0.6 is 0 Å². The van der Waals surface area contributed by atoms with Crippen molar-refractivity contribution in [1.29, 1.82) is 0 Å². The first-order valence-corrected chi connectivity index (χ1v) is 7.67. The molecule has 0 saturated carbocycles. The van der Waals surface area contributed by atoms with Crippen LogP contribution in [0.5, 0.6) is 0 Å². The number of anilines is 2. The van der Waals surface area contributed by atoms with Crippen molar-refractivity contribution < 1.29 is 0 Å². The average Bonchev–Trinajstić information content (AvgIpc) is 3.00. The molecule has 3 rings (SSSR count). The fraction of sp³-hybridized carbons (Fsp3) is 0.571. The summed E-state index contributed by atoms with van der Waals surface area (Å²) in [6, 6.07) is 0.457. The summed E-state index contributed by atoms with van der Waals surface area (Å²) in [5, 5.41) is 11.5. The van der Waals surface area contributed by atoms with E-state index in [1.807, 2.05) is 10.8 Å². The minimum absolute atomic E-state index is 0.159. The predicted octanol–water partition coefficient (Wildman–Crippen LogP) is 1.11. The van der Waals surface area contributed by atoms with Crippen LogP contribution in [-0.4, -0.2) is 43.9 Å². The maximum atomic E-state index is 5.53. The molecule has 0 unspecified atom stereocenters. The summed E-state index contributed by atoms with van der Waals surface area (Å²) in [5.74, 6) is 2.44. The normalized spacial score (nSPS) is 16.6. The number of rotatable bonds is 5. The van der Waals surface area contributed by atoms with Gasteiger partial charge in [-0.05, 0) is 20.3 Å². The summed E-state index contributed by atoms with van der Waals surface area (Å²) in [6.07, 6.45) is 4.48. The van der Waals surface area contributed by atoms with Crippen LogP contribution in [0, 0.1) is 0 Å². The molecule has 1 atom stereocenters. The standard InChI is InChI=1S/C14H22N8/c1-4-10-13-20-18-8-21(13)11-7-17-14(16-6-5-15)19-12(11)22(10)9(2)3/h7-10H,4-6,15H2,1-3H3,(H,16,17,19)/t10-/m1/s1. The molecule has 2 aromatic rings. The third kappa shape index (κ3) is 2.29. The Hall–Kier alpha value is -2.22. The topological polar surface area (TPSA) is 97.8 Å². The number of hydrogen-bond donors (Lipinski definition) is 2. The summed E-state index contributed by atoms with van der Waals surface area (Å²) < 4.78 is 1.98. The van der Waals surface area contributed by atoms with E-state index in [0.29, 0.717) is 25.1 Å². The highest BCUT2D eigenvalue weighted by Crippen LogP contribution is 2.39. The van der Waals surface area contributed by atoms with Crippen molar-refractivity contribution >= 4 is 11.8 Å². The molecule has 3 N–H and O–H groups in total. The maximum absolute atomic E-state index is 5.53. The number of nitrogens with one attached hydrogen (secondary N) is 1. The van der Waals surface area contributed by atoms with E-state index in [9.17, 15) is 0 Å². The minimum Gasteiger partial charge on any atom is -0.353 e. The first-order chi connectivity index (χ1) is 10.7. The smallest absolute Gasteiger partial charge is 0.224 e. The molecule has 1 aliphatic heterocycles. The van der Waals surface area contributed by atoms with Gasteiger partial charge >= 0.3 is 0 Å². The van der Waals surface area contributed by atoms with Crippen LogP contribution in [0.2, 0.25) is 0 Å². The molecule has 2 aromatic heterocycles. The van der Waals surface area contributed by atoms with E-state index in [0.717, 1.165) is 23.8 Å². The van der Waals surface area contributed by atoms with Crippen LogP contribution in [0.1, 0.15) is 39.1 Å². The fourth-order valence-electron chi connectivity index (χ4n) is 2.91. The fourth-order valence-corrected chi connectivity index (χ4v) is 2.91. The van der Waals surface area contributed by atoms with E-state index in [1.54, 1.807) is 6.33 Å². The maximum Gasteiger partial charge on any atom is 0.224 e. The largest absolute Gasteiger partial charge is 0.353 e. The molecular formula is C14H22N8. The van der Waals surface area contributed by atoms with Gasteiger partial charge in [0.05, 0.1) is 12.2 Å². The Morgan fingerprint density at radius 1 is 1.41 bits per heavy atom. The van der Waals surface area contributed by atoms with Gasteiger partial charge in [0.15, 0.2) is 11.6 Å². The van der Waals surface area contributed by atoms with Gasteiger partial charge in [0.2, 0.25) is 5.95 Å². The third-order valence-corrected chi connectivity index (χ3v) is 3.83. The second-order valence-electron chi connectivity index (χ2n) is 5.60. The van der Waals surface area contributed by atoms with Gasteiger partial charge in [0.25, 0.3) is 0 Å². The van der Waals surface area contributed by atoms with Gasteiger partial charge in [-0.15, -0.1) is 10.2 Å². The van der Waals surface area contributed by atoms with Gasteiger partial charge in [-0.3, -0.25) is 4.57 Å². The Balaban J connectivity index is 2.11. The molecule has 0 fully saturated rings. The lowest BCUT2D eigenvalue weighted by atomic mass is 10.1. The van der Waals surface area contributed by atoms with Crippen molar-refractivity contribution in [3.63, 3.8) is 0 Å². The molecule has 3 heterocycles. The molecule has 22 heavy (non-hydrogen) atoms. The molecule has 0 spiro atoms. The van der Waals surface area contributed by atoms with Crippen LogP contribution in [0.15, 0.2) is 12.5 Å². The summed E-state index contributed by atoms with van der Waals surface area (Å²) in [7, 11) is 0. The Morgan fingerprint density at radius 3 is 2.91 bits per heavy atom. The first kappa shape index (κ1) is 14.7. The zero-order valence-corrected chi connectivity index (χ0v) is 13.2. The molecular weight excluding hydrogens is 280 g/mol. The Morgan fingerprint density at radius 2 is 2.23 bits per heavy atom. The summed E-state index contributed by atoms with van der Waals surface area (Å²) in [5.41, 5.74) is 6.45. The van der Waals surface area contributed by atoms with E-state index in [2.05, 4.69) is 46.2 Å². The van der Waals surface area contributed by atoms with Gasteiger partial charge in [-0.25, -0.2) is 4.98 Å². The summed E-state index contributed by atoms with van der Waals surface area (Å²) >= 11 is 0. The lowest BCUT2D eigenvalue weighted by molar-refractivity contribution is 0.497.